The molecule has 0 saturated heterocycles. The molecule has 1 unspecified atom stereocenters. The molecule has 0 aromatic carbocycles. The maximum atomic E-state index is 8.86. The Morgan fingerprint density at radius 3 is 3.00 bits per heavy atom. The van der Waals surface area contributed by atoms with E-state index in [9.17, 15) is 0 Å². The van der Waals surface area contributed by atoms with Crippen LogP contribution in [0.4, 0.5) is 0 Å². The van der Waals surface area contributed by atoms with Crippen LogP contribution in [0.1, 0.15) is 0 Å². The van der Waals surface area contributed by atoms with Crippen molar-refractivity contribution in [3.63, 3.8) is 0 Å². The number of aliphatic hydroxyl groups excluding tert-OH is 1. The summed E-state index contributed by atoms with van der Waals surface area (Å²) in [7, 11) is 0. The molecule has 2 nitrogen and oxygen atoms in total. The molecule has 1 atom stereocenters. The van der Waals surface area contributed by atoms with Crippen LogP contribution in [0.3, 0.4) is 0 Å². The maximum Gasteiger partial charge on any atom is 0.0930 e. The number of nitrogens with zero attached hydrogens (tertiary/aromatic N) is 1. The highest BCUT2D eigenvalue weighted by atomic mass is 79.9. The zero-order chi connectivity index (χ0) is 5.98. The van der Waals surface area contributed by atoms with E-state index in [1.165, 1.54) is 0 Å². The van der Waals surface area contributed by atoms with Crippen LogP contribution in [0, 0.1) is 0 Å². The standard InChI is InChI=1S/C5H6BrNO/c6-4-1-5(8)3-7-2-4/h1-2,5,8H,3H2. The molecule has 1 rings (SSSR count). The van der Waals surface area contributed by atoms with E-state index in [0.717, 1.165) is 4.48 Å². The predicted molar refractivity (Wildman–Crippen MR) is 36.4 cm³/mol. The van der Waals surface area contributed by atoms with Crippen LogP contribution in [0.5, 0.6) is 0 Å². The number of dihydropyridines is 1. The number of rotatable bonds is 0. The quantitative estimate of drug-likeness (QED) is 0.579. The minimum absolute atomic E-state index is 0.394. The molecule has 3 heteroatoms. The summed E-state index contributed by atoms with van der Waals surface area (Å²) in [4.78, 5) is 3.85. The number of aliphatic hydroxyl groups is 1. The Bertz CT molecular complexity index is 141. The molecule has 0 amide bonds. The Morgan fingerprint density at radius 1 is 1.88 bits per heavy atom. The average molecular weight is 176 g/mol. The third kappa shape index (κ3) is 1.42. The summed E-state index contributed by atoms with van der Waals surface area (Å²) < 4.78 is 0.858. The van der Waals surface area contributed by atoms with Gasteiger partial charge in [-0.3, -0.25) is 4.99 Å². The largest absolute Gasteiger partial charge is 0.387 e. The summed E-state index contributed by atoms with van der Waals surface area (Å²) in [6.45, 7) is 0.495. The topological polar surface area (TPSA) is 32.6 Å². The third-order valence-electron chi connectivity index (χ3n) is 0.859. The van der Waals surface area contributed by atoms with Gasteiger partial charge in [0.1, 0.15) is 0 Å². The van der Waals surface area contributed by atoms with Crippen molar-refractivity contribution in [2.75, 3.05) is 6.54 Å². The first-order chi connectivity index (χ1) is 3.79. The first-order valence-electron chi connectivity index (χ1n) is 2.34. The van der Waals surface area contributed by atoms with E-state index in [-0.39, 0.29) is 0 Å². The zero-order valence-corrected chi connectivity index (χ0v) is 5.80. The second-order valence-corrected chi connectivity index (χ2v) is 2.53. The Balaban J connectivity index is 2.63. The zero-order valence-electron chi connectivity index (χ0n) is 4.21. The lowest BCUT2D eigenvalue weighted by Gasteiger charge is -2.04. The van der Waals surface area contributed by atoms with Crippen LogP contribution in [0.25, 0.3) is 0 Å². The molecule has 8 heavy (non-hydrogen) atoms. The summed E-state index contributed by atoms with van der Waals surface area (Å²) in [5, 5.41) is 8.86. The maximum absolute atomic E-state index is 8.86. The highest BCUT2D eigenvalue weighted by Gasteiger charge is 2.02. The predicted octanol–water partition coefficient (Wildman–Crippen LogP) is 0.710. The Kier molecular flexibility index (Phi) is 1.81. The normalized spacial score (nSPS) is 27.8. The molecule has 0 aromatic heterocycles. The monoisotopic (exact) mass is 175 g/mol. The first kappa shape index (κ1) is 5.98. The van der Waals surface area contributed by atoms with Gasteiger partial charge in [0.25, 0.3) is 0 Å². The number of allylic oxidation sites excluding steroid dienone is 1. The first-order valence-corrected chi connectivity index (χ1v) is 3.13. The van der Waals surface area contributed by atoms with Gasteiger partial charge in [0.05, 0.1) is 12.6 Å². The van der Waals surface area contributed by atoms with E-state index in [2.05, 4.69) is 20.9 Å². The lowest BCUT2D eigenvalue weighted by atomic mass is 10.3. The number of halogens is 1. The van der Waals surface area contributed by atoms with Gasteiger partial charge in [-0.05, 0) is 22.0 Å². The summed E-state index contributed by atoms with van der Waals surface area (Å²) in [5.74, 6) is 0. The van der Waals surface area contributed by atoms with Crippen molar-refractivity contribution in [3.05, 3.63) is 10.6 Å². The summed E-state index contributed by atoms with van der Waals surface area (Å²) in [6.07, 6.45) is 3.01. The molecule has 1 aliphatic rings. The van der Waals surface area contributed by atoms with Crippen LogP contribution in [-0.4, -0.2) is 24.0 Å². The Morgan fingerprint density at radius 2 is 2.62 bits per heavy atom. The lowest BCUT2D eigenvalue weighted by Crippen LogP contribution is -2.10. The SMILES string of the molecule is OC1C=C(Br)C=NC1. The van der Waals surface area contributed by atoms with Crippen molar-refractivity contribution in [1.82, 2.24) is 0 Å². The molecule has 0 aliphatic carbocycles. The highest BCUT2D eigenvalue weighted by Crippen LogP contribution is 2.07. The smallest absolute Gasteiger partial charge is 0.0930 e. The van der Waals surface area contributed by atoms with Crippen molar-refractivity contribution in [2.45, 2.75) is 6.10 Å². The number of hydrogen-bond donors (Lipinski definition) is 1. The van der Waals surface area contributed by atoms with Crippen molar-refractivity contribution in [1.29, 1.82) is 0 Å². The summed E-state index contributed by atoms with van der Waals surface area (Å²) >= 11 is 3.18. The van der Waals surface area contributed by atoms with E-state index in [1.807, 2.05) is 0 Å². The van der Waals surface area contributed by atoms with Crippen molar-refractivity contribution in [3.8, 4) is 0 Å². The van der Waals surface area contributed by atoms with E-state index >= 15 is 0 Å². The van der Waals surface area contributed by atoms with Gasteiger partial charge in [0.2, 0.25) is 0 Å². The Labute approximate surface area is 56.1 Å². The molecular formula is C5H6BrNO. The number of hydrogen-bond acceptors (Lipinski definition) is 2. The van der Waals surface area contributed by atoms with E-state index in [1.54, 1.807) is 12.3 Å². The van der Waals surface area contributed by atoms with Crippen LogP contribution in [0.15, 0.2) is 15.6 Å². The van der Waals surface area contributed by atoms with Gasteiger partial charge in [0, 0.05) is 10.7 Å². The minimum atomic E-state index is -0.394. The molecule has 0 spiro atoms. The van der Waals surface area contributed by atoms with Gasteiger partial charge in [-0.1, -0.05) is 0 Å². The van der Waals surface area contributed by atoms with E-state index in [0.29, 0.717) is 6.54 Å². The third-order valence-corrected chi connectivity index (χ3v) is 1.33. The molecule has 1 N–H and O–H groups in total. The molecule has 44 valence electrons. The van der Waals surface area contributed by atoms with Gasteiger partial charge in [0.15, 0.2) is 0 Å². The average Bonchev–Trinajstić information content (AvgIpc) is 1.64. The molecular weight excluding hydrogens is 170 g/mol. The molecule has 0 saturated carbocycles. The minimum Gasteiger partial charge on any atom is -0.387 e. The molecule has 0 radical (unpaired) electrons. The van der Waals surface area contributed by atoms with Crippen LogP contribution in [0.2, 0.25) is 0 Å². The van der Waals surface area contributed by atoms with Gasteiger partial charge < -0.3 is 5.11 Å². The van der Waals surface area contributed by atoms with Crippen LogP contribution >= 0.6 is 15.9 Å². The van der Waals surface area contributed by atoms with Crippen molar-refractivity contribution in [2.24, 2.45) is 4.99 Å². The van der Waals surface area contributed by atoms with Crippen molar-refractivity contribution < 1.29 is 5.11 Å². The fourth-order valence-electron chi connectivity index (χ4n) is 0.527. The second-order valence-electron chi connectivity index (χ2n) is 1.61. The second kappa shape index (κ2) is 2.42. The van der Waals surface area contributed by atoms with Crippen molar-refractivity contribution >= 4 is 22.1 Å². The van der Waals surface area contributed by atoms with Crippen LogP contribution < -0.4 is 0 Å². The molecule has 1 aliphatic heterocycles. The highest BCUT2D eigenvalue weighted by molar-refractivity contribution is 9.12. The summed E-state index contributed by atoms with van der Waals surface area (Å²) in [5.41, 5.74) is 0. The Hall–Kier alpha value is -0.150. The van der Waals surface area contributed by atoms with Gasteiger partial charge >= 0.3 is 0 Å². The number of aliphatic imine (C=N–C) groups is 1. The van der Waals surface area contributed by atoms with Gasteiger partial charge in [-0.2, -0.15) is 0 Å². The fourth-order valence-corrected chi connectivity index (χ4v) is 0.977. The summed E-state index contributed by atoms with van der Waals surface area (Å²) in [6, 6.07) is 0. The molecule has 0 aromatic rings. The molecule has 0 fully saturated rings. The molecule has 0 bridgehead atoms. The van der Waals surface area contributed by atoms with Gasteiger partial charge in [-0.25, -0.2) is 0 Å². The van der Waals surface area contributed by atoms with E-state index in [4.69, 9.17) is 5.11 Å². The van der Waals surface area contributed by atoms with Gasteiger partial charge in [-0.15, -0.1) is 0 Å². The lowest BCUT2D eigenvalue weighted by molar-refractivity contribution is 0.231. The van der Waals surface area contributed by atoms with E-state index < -0.39 is 6.10 Å². The fraction of sp³-hybridized carbons (Fsp3) is 0.400. The van der Waals surface area contributed by atoms with Crippen LogP contribution in [-0.2, 0) is 0 Å². The molecule has 1 heterocycles.